The summed E-state index contributed by atoms with van der Waals surface area (Å²) < 4.78 is 12.2. The average Bonchev–Trinajstić information content (AvgIpc) is 2.53. The number of fused-ring (bicyclic) bond motifs is 1. The number of hydrogen-bond donors (Lipinski definition) is 2. The highest BCUT2D eigenvalue weighted by Crippen LogP contribution is 2.40. The molecule has 0 bridgehead atoms. The Morgan fingerprint density at radius 2 is 1.90 bits per heavy atom. The van der Waals surface area contributed by atoms with Crippen molar-refractivity contribution >= 4 is 21.6 Å². The van der Waals surface area contributed by atoms with Gasteiger partial charge in [0.2, 0.25) is 0 Å². The molecule has 110 valence electrons. The molecule has 1 aliphatic heterocycles. The van der Waals surface area contributed by atoms with Gasteiger partial charge in [-0.15, -0.1) is 0 Å². The van der Waals surface area contributed by atoms with Crippen LogP contribution >= 0.6 is 15.9 Å². The minimum absolute atomic E-state index is 0.0135. The van der Waals surface area contributed by atoms with Crippen LogP contribution in [0.15, 0.2) is 46.9 Å². The number of ether oxygens (including phenoxy) is 2. The molecule has 1 aliphatic rings. The predicted octanol–water partition coefficient (Wildman–Crippen LogP) is 3.33. The number of nitrogens with one attached hydrogen (secondary N) is 1. The van der Waals surface area contributed by atoms with Crippen LogP contribution in [0.25, 0.3) is 0 Å². The molecule has 1 atom stereocenters. The van der Waals surface area contributed by atoms with Crippen molar-refractivity contribution < 1.29 is 9.47 Å². The van der Waals surface area contributed by atoms with Crippen molar-refractivity contribution in [2.24, 2.45) is 5.73 Å². The fourth-order valence-corrected chi connectivity index (χ4v) is 2.92. The third-order valence-corrected chi connectivity index (χ3v) is 3.96. The van der Waals surface area contributed by atoms with Crippen LogP contribution < -0.4 is 20.5 Å². The number of para-hydroxylation sites is 1. The smallest absolute Gasteiger partial charge is 0.175 e. The number of halogens is 1. The summed E-state index contributed by atoms with van der Waals surface area (Å²) in [6.45, 7) is 1.64. The van der Waals surface area contributed by atoms with E-state index in [0.29, 0.717) is 19.8 Å². The fraction of sp³-hybridized carbons (Fsp3) is 0.250. The molecule has 0 aliphatic carbocycles. The van der Waals surface area contributed by atoms with E-state index in [1.165, 1.54) is 0 Å². The summed E-state index contributed by atoms with van der Waals surface area (Å²) in [5.41, 5.74) is 8.04. The lowest BCUT2D eigenvalue weighted by atomic mass is 10.1. The van der Waals surface area contributed by atoms with Crippen LogP contribution in [0, 0.1) is 0 Å². The van der Waals surface area contributed by atoms with Gasteiger partial charge in [-0.3, -0.25) is 0 Å². The second-order valence-electron chi connectivity index (χ2n) is 4.83. The Morgan fingerprint density at radius 3 is 2.67 bits per heavy atom. The maximum atomic E-state index is 5.93. The quantitative estimate of drug-likeness (QED) is 0.889. The van der Waals surface area contributed by atoms with E-state index in [0.717, 1.165) is 27.2 Å². The molecule has 1 heterocycles. The van der Waals surface area contributed by atoms with Crippen LogP contribution in [0.3, 0.4) is 0 Å². The van der Waals surface area contributed by atoms with Crippen molar-refractivity contribution in [3.05, 3.63) is 52.5 Å². The number of hydrogen-bond acceptors (Lipinski definition) is 4. The van der Waals surface area contributed by atoms with Gasteiger partial charge in [0, 0.05) is 12.2 Å². The Morgan fingerprint density at radius 1 is 1.14 bits per heavy atom. The lowest BCUT2D eigenvalue weighted by Gasteiger charge is -2.24. The molecule has 5 heteroatoms. The van der Waals surface area contributed by atoms with E-state index < -0.39 is 0 Å². The SMILES string of the molecule is NCC(Nc1ccccc1)c1cc(Br)c2c(c1)OCCO2. The third kappa shape index (κ3) is 3.14. The van der Waals surface area contributed by atoms with Gasteiger partial charge >= 0.3 is 0 Å². The van der Waals surface area contributed by atoms with E-state index in [9.17, 15) is 0 Å². The molecule has 21 heavy (non-hydrogen) atoms. The maximum Gasteiger partial charge on any atom is 0.175 e. The Balaban J connectivity index is 1.88. The summed E-state index contributed by atoms with van der Waals surface area (Å²) in [7, 11) is 0. The third-order valence-electron chi connectivity index (χ3n) is 3.37. The molecule has 0 saturated carbocycles. The van der Waals surface area contributed by atoms with Crippen LogP contribution in [0.2, 0.25) is 0 Å². The van der Waals surface area contributed by atoms with Crippen molar-refractivity contribution in [3.63, 3.8) is 0 Å². The maximum absolute atomic E-state index is 5.93. The van der Waals surface area contributed by atoms with Crippen LogP contribution in [-0.4, -0.2) is 19.8 Å². The van der Waals surface area contributed by atoms with E-state index in [4.69, 9.17) is 15.2 Å². The molecular weight excluding hydrogens is 332 g/mol. The number of rotatable bonds is 4. The predicted molar refractivity (Wildman–Crippen MR) is 87.0 cm³/mol. The first-order chi connectivity index (χ1) is 10.3. The Hall–Kier alpha value is -1.72. The molecule has 2 aromatic rings. The van der Waals surface area contributed by atoms with E-state index >= 15 is 0 Å². The van der Waals surface area contributed by atoms with Gasteiger partial charge in [0.1, 0.15) is 13.2 Å². The van der Waals surface area contributed by atoms with E-state index in [1.807, 2.05) is 42.5 Å². The summed E-state index contributed by atoms with van der Waals surface area (Å²) in [6.07, 6.45) is 0. The van der Waals surface area contributed by atoms with Gasteiger partial charge in [0.25, 0.3) is 0 Å². The second-order valence-corrected chi connectivity index (χ2v) is 5.68. The molecule has 0 fully saturated rings. The van der Waals surface area contributed by atoms with Crippen LogP contribution in [0.1, 0.15) is 11.6 Å². The van der Waals surface area contributed by atoms with Crippen LogP contribution in [0.5, 0.6) is 11.5 Å². The Labute approximate surface area is 132 Å². The minimum Gasteiger partial charge on any atom is -0.486 e. The zero-order chi connectivity index (χ0) is 14.7. The van der Waals surface area contributed by atoms with E-state index in [1.54, 1.807) is 0 Å². The highest BCUT2D eigenvalue weighted by molar-refractivity contribution is 9.10. The topological polar surface area (TPSA) is 56.5 Å². The monoisotopic (exact) mass is 348 g/mol. The summed E-state index contributed by atoms with van der Waals surface area (Å²) in [4.78, 5) is 0. The van der Waals surface area contributed by atoms with Gasteiger partial charge in [-0.2, -0.15) is 0 Å². The lowest BCUT2D eigenvalue weighted by Crippen LogP contribution is -2.22. The average molecular weight is 349 g/mol. The Kier molecular flexibility index (Phi) is 4.31. The first-order valence-corrected chi connectivity index (χ1v) is 7.68. The van der Waals surface area contributed by atoms with Gasteiger partial charge in [0.15, 0.2) is 11.5 Å². The first kappa shape index (κ1) is 14.2. The number of anilines is 1. The molecule has 0 saturated heterocycles. The molecule has 3 N–H and O–H groups in total. The zero-order valence-electron chi connectivity index (χ0n) is 11.5. The van der Waals surface area contributed by atoms with Gasteiger partial charge in [0.05, 0.1) is 10.5 Å². The Bertz CT molecular complexity index is 619. The molecule has 1 unspecified atom stereocenters. The number of benzene rings is 2. The van der Waals surface area contributed by atoms with Crippen LogP contribution in [-0.2, 0) is 0 Å². The largest absolute Gasteiger partial charge is 0.486 e. The van der Waals surface area contributed by atoms with Crippen molar-refractivity contribution in [3.8, 4) is 11.5 Å². The fourth-order valence-electron chi connectivity index (χ4n) is 2.35. The van der Waals surface area contributed by atoms with Crippen molar-refractivity contribution in [2.75, 3.05) is 25.1 Å². The van der Waals surface area contributed by atoms with Crippen molar-refractivity contribution in [2.45, 2.75) is 6.04 Å². The summed E-state index contributed by atoms with van der Waals surface area (Å²) in [5.74, 6) is 1.53. The minimum atomic E-state index is 0.0135. The molecular formula is C16H17BrN2O2. The molecule has 3 rings (SSSR count). The van der Waals surface area contributed by atoms with E-state index in [2.05, 4.69) is 21.2 Å². The normalized spacial score (nSPS) is 14.6. The number of nitrogens with two attached hydrogens (primary N) is 1. The van der Waals surface area contributed by atoms with Gasteiger partial charge < -0.3 is 20.5 Å². The molecule has 0 aromatic heterocycles. The molecule has 4 nitrogen and oxygen atoms in total. The molecule has 0 radical (unpaired) electrons. The highest BCUT2D eigenvalue weighted by atomic mass is 79.9. The highest BCUT2D eigenvalue weighted by Gasteiger charge is 2.19. The van der Waals surface area contributed by atoms with Gasteiger partial charge in [-0.25, -0.2) is 0 Å². The summed E-state index contributed by atoms with van der Waals surface area (Å²) in [5, 5.41) is 3.44. The van der Waals surface area contributed by atoms with E-state index in [-0.39, 0.29) is 6.04 Å². The zero-order valence-corrected chi connectivity index (χ0v) is 13.1. The van der Waals surface area contributed by atoms with Crippen LogP contribution in [0.4, 0.5) is 5.69 Å². The van der Waals surface area contributed by atoms with Gasteiger partial charge in [-0.1, -0.05) is 18.2 Å². The van der Waals surface area contributed by atoms with Gasteiger partial charge in [-0.05, 0) is 45.8 Å². The molecule has 0 spiro atoms. The lowest BCUT2D eigenvalue weighted by molar-refractivity contribution is 0.170. The molecule has 2 aromatic carbocycles. The standard InChI is InChI=1S/C16H17BrN2O2/c17-13-8-11(9-15-16(13)21-7-6-20-15)14(10-18)19-12-4-2-1-3-5-12/h1-5,8-9,14,19H,6-7,10,18H2. The van der Waals surface area contributed by atoms with Crippen molar-refractivity contribution in [1.82, 2.24) is 0 Å². The second kappa shape index (κ2) is 6.37. The molecule has 0 amide bonds. The first-order valence-electron chi connectivity index (χ1n) is 6.88. The van der Waals surface area contributed by atoms with Crippen molar-refractivity contribution in [1.29, 1.82) is 0 Å². The summed E-state index contributed by atoms with van der Waals surface area (Å²) in [6, 6.07) is 14.1. The summed E-state index contributed by atoms with van der Waals surface area (Å²) >= 11 is 3.54.